The summed E-state index contributed by atoms with van der Waals surface area (Å²) in [5, 5.41) is 0. The van der Waals surface area contributed by atoms with Gasteiger partial charge in [-0.2, -0.15) is 0 Å². The van der Waals surface area contributed by atoms with Gasteiger partial charge in [-0.1, -0.05) is 12.1 Å². The summed E-state index contributed by atoms with van der Waals surface area (Å²) in [6, 6.07) is 11.0. The van der Waals surface area contributed by atoms with E-state index in [9.17, 15) is 13.6 Å². The number of halogens is 2. The summed E-state index contributed by atoms with van der Waals surface area (Å²) in [7, 11) is 5.53. The standard InChI is InChI=1S/C17H18F2N2O/c1-20(2)14-7-4-12(5-8-14)11-21(3)17(22)13-6-9-15(18)16(19)10-13/h4-10H,11H2,1-3H3. The van der Waals surface area contributed by atoms with Crippen molar-refractivity contribution >= 4 is 11.6 Å². The zero-order valence-corrected chi connectivity index (χ0v) is 12.8. The van der Waals surface area contributed by atoms with E-state index in [2.05, 4.69) is 0 Å². The molecule has 0 radical (unpaired) electrons. The molecule has 0 fully saturated rings. The van der Waals surface area contributed by atoms with Crippen LogP contribution in [0.15, 0.2) is 42.5 Å². The van der Waals surface area contributed by atoms with Crippen molar-refractivity contribution in [2.45, 2.75) is 6.54 Å². The maximum absolute atomic E-state index is 13.2. The van der Waals surface area contributed by atoms with Crippen LogP contribution < -0.4 is 4.90 Å². The molecule has 0 unspecified atom stereocenters. The third kappa shape index (κ3) is 3.61. The van der Waals surface area contributed by atoms with Crippen molar-refractivity contribution in [3.05, 3.63) is 65.2 Å². The number of carbonyl (C=O) groups excluding carboxylic acids is 1. The summed E-state index contributed by atoms with van der Waals surface area (Å²) in [4.78, 5) is 15.7. The third-order valence-electron chi connectivity index (χ3n) is 3.39. The van der Waals surface area contributed by atoms with Crippen molar-refractivity contribution in [3.63, 3.8) is 0 Å². The van der Waals surface area contributed by atoms with Crippen LogP contribution in [0, 0.1) is 11.6 Å². The Kier molecular flexibility index (Phi) is 4.75. The van der Waals surface area contributed by atoms with Crippen molar-refractivity contribution in [3.8, 4) is 0 Å². The highest BCUT2D eigenvalue weighted by molar-refractivity contribution is 5.94. The largest absolute Gasteiger partial charge is 0.378 e. The predicted octanol–water partition coefficient (Wildman–Crippen LogP) is 3.30. The number of carbonyl (C=O) groups is 1. The van der Waals surface area contributed by atoms with Gasteiger partial charge in [0.1, 0.15) is 0 Å². The Labute approximate surface area is 128 Å². The minimum atomic E-state index is -1.02. The van der Waals surface area contributed by atoms with Gasteiger partial charge >= 0.3 is 0 Å². The Morgan fingerprint density at radius 2 is 1.59 bits per heavy atom. The van der Waals surface area contributed by atoms with Crippen molar-refractivity contribution < 1.29 is 13.6 Å². The van der Waals surface area contributed by atoms with Crippen LogP contribution in [0.3, 0.4) is 0 Å². The zero-order valence-electron chi connectivity index (χ0n) is 12.8. The minimum Gasteiger partial charge on any atom is -0.378 e. The number of nitrogens with zero attached hydrogens (tertiary/aromatic N) is 2. The van der Waals surface area contributed by atoms with Crippen LogP contribution in [0.2, 0.25) is 0 Å². The fourth-order valence-electron chi connectivity index (χ4n) is 2.09. The molecule has 0 bridgehead atoms. The Bertz CT molecular complexity index is 669. The van der Waals surface area contributed by atoms with Gasteiger partial charge in [-0.25, -0.2) is 8.78 Å². The number of amides is 1. The molecule has 2 rings (SSSR count). The minimum absolute atomic E-state index is 0.131. The van der Waals surface area contributed by atoms with Crippen LogP contribution in [0.4, 0.5) is 14.5 Å². The molecule has 0 aliphatic rings. The Balaban J connectivity index is 2.09. The first-order chi connectivity index (χ1) is 10.4. The molecule has 0 aliphatic carbocycles. The van der Waals surface area contributed by atoms with Gasteiger partial charge in [-0.05, 0) is 35.9 Å². The van der Waals surface area contributed by atoms with Gasteiger partial charge in [0.15, 0.2) is 11.6 Å². The van der Waals surface area contributed by atoms with Crippen LogP contribution in [-0.4, -0.2) is 32.0 Å². The van der Waals surface area contributed by atoms with Gasteiger partial charge in [0.2, 0.25) is 0 Å². The maximum atomic E-state index is 13.2. The number of benzene rings is 2. The van der Waals surface area contributed by atoms with Crippen molar-refractivity contribution in [2.75, 3.05) is 26.0 Å². The molecule has 3 nitrogen and oxygen atoms in total. The van der Waals surface area contributed by atoms with Crippen LogP contribution >= 0.6 is 0 Å². The summed E-state index contributed by atoms with van der Waals surface area (Å²) >= 11 is 0. The Morgan fingerprint density at radius 3 is 2.14 bits per heavy atom. The van der Waals surface area contributed by atoms with Crippen LogP contribution in [0.1, 0.15) is 15.9 Å². The number of anilines is 1. The van der Waals surface area contributed by atoms with Gasteiger partial charge < -0.3 is 9.80 Å². The normalized spacial score (nSPS) is 10.4. The lowest BCUT2D eigenvalue weighted by molar-refractivity contribution is 0.0784. The molecular weight excluding hydrogens is 286 g/mol. The monoisotopic (exact) mass is 304 g/mol. The van der Waals surface area contributed by atoms with E-state index in [0.717, 1.165) is 23.4 Å². The lowest BCUT2D eigenvalue weighted by Crippen LogP contribution is -2.26. The van der Waals surface area contributed by atoms with Crippen molar-refractivity contribution in [1.82, 2.24) is 4.90 Å². The maximum Gasteiger partial charge on any atom is 0.254 e. The molecule has 0 saturated heterocycles. The van der Waals surface area contributed by atoms with E-state index in [1.54, 1.807) is 7.05 Å². The second-order valence-corrected chi connectivity index (χ2v) is 5.35. The van der Waals surface area contributed by atoms with Crippen LogP contribution in [-0.2, 0) is 6.54 Å². The molecule has 0 aromatic heterocycles. The SMILES string of the molecule is CN(Cc1ccc(N(C)C)cc1)C(=O)c1ccc(F)c(F)c1. The Hall–Kier alpha value is -2.43. The molecule has 0 spiro atoms. The fraction of sp³-hybridized carbons (Fsp3) is 0.235. The first-order valence-electron chi connectivity index (χ1n) is 6.85. The molecule has 0 saturated carbocycles. The molecule has 0 N–H and O–H groups in total. The molecule has 116 valence electrons. The molecule has 5 heteroatoms. The van der Waals surface area contributed by atoms with E-state index in [0.29, 0.717) is 6.54 Å². The highest BCUT2D eigenvalue weighted by Gasteiger charge is 2.14. The predicted molar refractivity (Wildman–Crippen MR) is 82.9 cm³/mol. The van der Waals surface area contributed by atoms with Crippen molar-refractivity contribution in [2.24, 2.45) is 0 Å². The van der Waals surface area contributed by atoms with Gasteiger partial charge in [-0.15, -0.1) is 0 Å². The smallest absolute Gasteiger partial charge is 0.254 e. The Morgan fingerprint density at radius 1 is 0.955 bits per heavy atom. The molecule has 2 aromatic carbocycles. The van der Waals surface area contributed by atoms with E-state index in [1.807, 2.05) is 43.3 Å². The van der Waals surface area contributed by atoms with E-state index in [1.165, 1.54) is 11.0 Å². The average molecular weight is 304 g/mol. The van der Waals surface area contributed by atoms with E-state index >= 15 is 0 Å². The lowest BCUT2D eigenvalue weighted by Gasteiger charge is -2.18. The third-order valence-corrected chi connectivity index (χ3v) is 3.39. The summed E-state index contributed by atoms with van der Waals surface area (Å²) in [5.41, 5.74) is 2.16. The van der Waals surface area contributed by atoms with Crippen LogP contribution in [0.5, 0.6) is 0 Å². The van der Waals surface area contributed by atoms with E-state index < -0.39 is 11.6 Å². The molecule has 0 aliphatic heterocycles. The number of rotatable bonds is 4. The van der Waals surface area contributed by atoms with Crippen molar-refractivity contribution in [1.29, 1.82) is 0 Å². The second-order valence-electron chi connectivity index (χ2n) is 5.35. The highest BCUT2D eigenvalue weighted by atomic mass is 19.2. The highest BCUT2D eigenvalue weighted by Crippen LogP contribution is 2.15. The quantitative estimate of drug-likeness (QED) is 0.865. The first-order valence-corrected chi connectivity index (χ1v) is 6.85. The zero-order chi connectivity index (χ0) is 16.3. The molecule has 22 heavy (non-hydrogen) atoms. The summed E-state index contributed by atoms with van der Waals surface area (Å²) in [5.74, 6) is -2.33. The van der Waals surface area contributed by atoms with E-state index in [-0.39, 0.29) is 11.5 Å². The van der Waals surface area contributed by atoms with E-state index in [4.69, 9.17) is 0 Å². The molecule has 2 aromatic rings. The number of hydrogen-bond acceptors (Lipinski definition) is 2. The summed E-state index contributed by atoms with van der Waals surface area (Å²) in [6.07, 6.45) is 0. The topological polar surface area (TPSA) is 23.6 Å². The van der Waals surface area contributed by atoms with Gasteiger partial charge in [0.05, 0.1) is 0 Å². The molecular formula is C17H18F2N2O. The lowest BCUT2D eigenvalue weighted by atomic mass is 10.1. The first kappa shape index (κ1) is 15.9. The average Bonchev–Trinajstić information content (AvgIpc) is 2.49. The molecule has 1 amide bonds. The van der Waals surface area contributed by atoms with Gasteiger partial charge in [0, 0.05) is 38.9 Å². The van der Waals surface area contributed by atoms with Crippen LogP contribution in [0.25, 0.3) is 0 Å². The molecule has 0 atom stereocenters. The molecule has 0 heterocycles. The number of hydrogen-bond donors (Lipinski definition) is 0. The fourth-order valence-corrected chi connectivity index (χ4v) is 2.09. The van der Waals surface area contributed by atoms with Gasteiger partial charge in [0.25, 0.3) is 5.91 Å². The summed E-state index contributed by atoms with van der Waals surface area (Å²) in [6.45, 7) is 0.394. The second kappa shape index (κ2) is 6.56. The summed E-state index contributed by atoms with van der Waals surface area (Å²) < 4.78 is 26.1. The van der Waals surface area contributed by atoms with Gasteiger partial charge in [-0.3, -0.25) is 4.79 Å².